The summed E-state index contributed by atoms with van der Waals surface area (Å²) >= 11 is 1.05. The highest BCUT2D eigenvalue weighted by molar-refractivity contribution is 8.14. The lowest BCUT2D eigenvalue weighted by Gasteiger charge is -2.01. The van der Waals surface area contributed by atoms with Gasteiger partial charge in [-0.3, -0.25) is 5.41 Å². The molecule has 0 aliphatic heterocycles. The SMILES string of the molecule is Cc1ccc(/C(N)=N/C(=N)SCC=O)cc1. The molecule has 0 saturated carbocycles. The minimum absolute atomic E-state index is 0.0465. The molecule has 0 aromatic heterocycles. The Hall–Kier alpha value is -1.62. The predicted molar refractivity (Wildman–Crippen MR) is 68.2 cm³/mol. The Morgan fingerprint density at radius 2 is 2.12 bits per heavy atom. The minimum Gasteiger partial charge on any atom is -0.383 e. The van der Waals surface area contributed by atoms with Gasteiger partial charge in [-0.05, 0) is 6.92 Å². The van der Waals surface area contributed by atoms with Crippen molar-refractivity contribution in [3.8, 4) is 0 Å². The van der Waals surface area contributed by atoms with E-state index < -0.39 is 0 Å². The number of carbonyl (C=O) groups excluding carboxylic acids is 1. The molecule has 0 unspecified atom stereocenters. The van der Waals surface area contributed by atoms with E-state index >= 15 is 0 Å². The largest absolute Gasteiger partial charge is 0.383 e. The molecule has 0 radical (unpaired) electrons. The molecule has 0 atom stereocenters. The van der Waals surface area contributed by atoms with Crippen LogP contribution in [0.1, 0.15) is 11.1 Å². The second-order valence-corrected chi connectivity index (χ2v) is 4.15. The van der Waals surface area contributed by atoms with Crippen molar-refractivity contribution in [2.75, 3.05) is 5.75 Å². The van der Waals surface area contributed by atoms with Crippen LogP contribution in [0, 0.1) is 12.3 Å². The predicted octanol–water partition coefficient (Wildman–Crippen LogP) is 1.57. The molecule has 0 bridgehead atoms. The molecule has 84 valence electrons. The second-order valence-electron chi connectivity index (χ2n) is 3.15. The summed E-state index contributed by atoms with van der Waals surface area (Å²) in [6, 6.07) is 7.57. The summed E-state index contributed by atoms with van der Waals surface area (Å²) in [6.07, 6.45) is 0.733. The molecule has 0 aliphatic carbocycles. The van der Waals surface area contributed by atoms with Gasteiger partial charge in [0.15, 0.2) is 5.17 Å². The van der Waals surface area contributed by atoms with Crippen molar-refractivity contribution in [2.45, 2.75) is 6.92 Å². The quantitative estimate of drug-likeness (QED) is 0.474. The number of nitrogens with two attached hydrogens (primary N) is 1. The van der Waals surface area contributed by atoms with Crippen LogP contribution in [0.4, 0.5) is 0 Å². The third-order valence-electron chi connectivity index (χ3n) is 1.86. The van der Waals surface area contributed by atoms with Gasteiger partial charge in [0.25, 0.3) is 0 Å². The molecule has 0 heterocycles. The number of thioether (sulfide) groups is 1. The molecule has 0 spiro atoms. The number of aryl methyl sites for hydroxylation is 1. The van der Waals surface area contributed by atoms with E-state index in [4.69, 9.17) is 11.1 Å². The molecule has 0 saturated heterocycles. The van der Waals surface area contributed by atoms with Crippen molar-refractivity contribution in [1.29, 1.82) is 5.41 Å². The van der Waals surface area contributed by atoms with Crippen molar-refractivity contribution >= 4 is 29.1 Å². The van der Waals surface area contributed by atoms with Crippen LogP contribution in [0.25, 0.3) is 0 Å². The fourth-order valence-electron chi connectivity index (χ4n) is 1.04. The second kappa shape index (κ2) is 6.07. The lowest BCUT2D eigenvalue weighted by Crippen LogP contribution is -2.14. The van der Waals surface area contributed by atoms with Crippen LogP contribution in [-0.2, 0) is 4.79 Å². The van der Waals surface area contributed by atoms with E-state index in [2.05, 4.69) is 4.99 Å². The first-order valence-corrected chi connectivity index (χ1v) is 5.68. The van der Waals surface area contributed by atoms with Crippen molar-refractivity contribution < 1.29 is 4.79 Å². The molecular weight excluding hydrogens is 222 g/mol. The monoisotopic (exact) mass is 235 g/mol. The minimum atomic E-state index is 0.0465. The van der Waals surface area contributed by atoms with Gasteiger partial charge in [-0.25, -0.2) is 4.99 Å². The number of aliphatic imine (C=N–C) groups is 1. The molecular formula is C11H13N3OS. The average Bonchev–Trinajstić information content (AvgIpc) is 2.27. The van der Waals surface area contributed by atoms with Crippen LogP contribution >= 0.6 is 11.8 Å². The number of hydrogen-bond donors (Lipinski definition) is 2. The first-order valence-electron chi connectivity index (χ1n) is 4.69. The number of benzene rings is 1. The van der Waals surface area contributed by atoms with Crippen LogP contribution in [-0.4, -0.2) is 23.0 Å². The summed E-state index contributed by atoms with van der Waals surface area (Å²) < 4.78 is 0. The zero-order valence-electron chi connectivity index (χ0n) is 8.93. The number of carbonyl (C=O) groups is 1. The van der Waals surface area contributed by atoms with Gasteiger partial charge in [0.1, 0.15) is 12.1 Å². The molecule has 3 N–H and O–H groups in total. The summed E-state index contributed by atoms with van der Waals surface area (Å²) in [5.74, 6) is 0.521. The molecule has 4 nitrogen and oxygen atoms in total. The highest BCUT2D eigenvalue weighted by atomic mass is 32.2. The zero-order valence-corrected chi connectivity index (χ0v) is 9.75. The topological polar surface area (TPSA) is 79.3 Å². The van der Waals surface area contributed by atoms with E-state index in [-0.39, 0.29) is 10.9 Å². The Kier molecular flexibility index (Phi) is 4.72. The van der Waals surface area contributed by atoms with Gasteiger partial charge in [0, 0.05) is 5.56 Å². The molecule has 1 aromatic rings. The molecule has 1 rings (SSSR count). The molecule has 0 aliphatic rings. The Morgan fingerprint density at radius 3 is 2.69 bits per heavy atom. The van der Waals surface area contributed by atoms with E-state index in [0.29, 0.717) is 5.84 Å². The number of rotatable bonds is 3. The first kappa shape index (κ1) is 12.4. The third-order valence-corrected chi connectivity index (χ3v) is 2.52. The van der Waals surface area contributed by atoms with Crippen LogP contribution in [0.15, 0.2) is 29.3 Å². The van der Waals surface area contributed by atoms with Crippen molar-refractivity contribution in [3.05, 3.63) is 35.4 Å². The van der Waals surface area contributed by atoms with Gasteiger partial charge in [0.05, 0.1) is 5.75 Å². The van der Waals surface area contributed by atoms with Gasteiger partial charge in [-0.1, -0.05) is 41.6 Å². The molecule has 1 aromatic carbocycles. The molecule has 0 amide bonds. The normalized spacial score (nSPS) is 11.2. The highest BCUT2D eigenvalue weighted by Gasteiger charge is 2.00. The Labute approximate surface area is 98.5 Å². The average molecular weight is 235 g/mol. The molecule has 16 heavy (non-hydrogen) atoms. The van der Waals surface area contributed by atoms with E-state index in [9.17, 15) is 4.79 Å². The lowest BCUT2D eigenvalue weighted by molar-refractivity contribution is -0.105. The number of aldehydes is 1. The number of hydrogen-bond acceptors (Lipinski definition) is 3. The summed E-state index contributed by atoms with van der Waals surface area (Å²) in [7, 11) is 0. The van der Waals surface area contributed by atoms with E-state index in [0.717, 1.165) is 29.2 Å². The van der Waals surface area contributed by atoms with Crippen molar-refractivity contribution in [2.24, 2.45) is 10.7 Å². The first-order chi connectivity index (χ1) is 7.63. The number of nitrogens with zero attached hydrogens (tertiary/aromatic N) is 1. The zero-order chi connectivity index (χ0) is 12.0. The summed E-state index contributed by atoms with van der Waals surface area (Å²) in [5.41, 5.74) is 7.65. The maximum Gasteiger partial charge on any atom is 0.182 e. The van der Waals surface area contributed by atoms with Crippen LogP contribution in [0.2, 0.25) is 0 Å². The van der Waals surface area contributed by atoms with Crippen LogP contribution in [0.5, 0.6) is 0 Å². The fourth-order valence-corrected chi connectivity index (χ4v) is 1.43. The Morgan fingerprint density at radius 1 is 1.50 bits per heavy atom. The highest BCUT2D eigenvalue weighted by Crippen LogP contribution is 2.06. The van der Waals surface area contributed by atoms with Crippen LogP contribution < -0.4 is 5.73 Å². The van der Waals surface area contributed by atoms with E-state index in [1.807, 2.05) is 31.2 Å². The van der Waals surface area contributed by atoms with Crippen molar-refractivity contribution in [3.63, 3.8) is 0 Å². The maximum atomic E-state index is 10.1. The number of nitrogens with one attached hydrogen (secondary N) is 1. The third kappa shape index (κ3) is 3.86. The van der Waals surface area contributed by atoms with Gasteiger partial charge in [0.2, 0.25) is 0 Å². The molecule has 5 heteroatoms. The number of amidine groups is 2. The van der Waals surface area contributed by atoms with E-state index in [1.54, 1.807) is 0 Å². The van der Waals surface area contributed by atoms with Gasteiger partial charge >= 0.3 is 0 Å². The summed E-state index contributed by atoms with van der Waals surface area (Å²) in [5, 5.41) is 7.50. The Balaban J connectivity index is 2.72. The van der Waals surface area contributed by atoms with Gasteiger partial charge in [-0.2, -0.15) is 0 Å². The summed E-state index contributed by atoms with van der Waals surface area (Å²) in [4.78, 5) is 14.0. The van der Waals surface area contributed by atoms with Crippen LogP contribution in [0.3, 0.4) is 0 Å². The Bertz CT molecular complexity index is 412. The fraction of sp³-hybridized carbons (Fsp3) is 0.182. The smallest absolute Gasteiger partial charge is 0.182 e. The van der Waals surface area contributed by atoms with Crippen molar-refractivity contribution in [1.82, 2.24) is 0 Å². The maximum absolute atomic E-state index is 10.1. The summed E-state index contributed by atoms with van der Waals surface area (Å²) in [6.45, 7) is 1.99. The van der Waals surface area contributed by atoms with Gasteiger partial charge < -0.3 is 10.5 Å². The standard InChI is InChI=1S/C11H13N3OS/c1-8-2-4-9(5-3-8)10(12)14-11(13)16-7-6-15/h2-6H,7H2,1H3,(H3,12,13,14). The van der Waals surface area contributed by atoms with Gasteiger partial charge in [-0.15, -0.1) is 0 Å². The lowest BCUT2D eigenvalue weighted by atomic mass is 10.1. The van der Waals surface area contributed by atoms with E-state index in [1.165, 1.54) is 0 Å². The molecule has 0 fully saturated rings.